The second-order valence-corrected chi connectivity index (χ2v) is 5.81. The highest BCUT2D eigenvalue weighted by molar-refractivity contribution is 7.58. The minimum atomic E-state index is -3.49. The van der Waals surface area contributed by atoms with Crippen molar-refractivity contribution in [1.29, 1.82) is 0 Å². The van der Waals surface area contributed by atoms with Gasteiger partial charge in [-0.25, -0.2) is 0 Å². The summed E-state index contributed by atoms with van der Waals surface area (Å²) in [5, 5.41) is 8.65. The molecule has 0 aromatic heterocycles. The fraction of sp³-hybridized carbons (Fsp3) is 0.857. The fourth-order valence-corrected chi connectivity index (χ4v) is 2.24. The summed E-state index contributed by atoms with van der Waals surface area (Å²) in [4.78, 5) is 19.9. The Morgan fingerprint density at radius 1 is 1.62 bits per heavy atom. The summed E-state index contributed by atoms with van der Waals surface area (Å²) in [7, 11) is -3.49. The van der Waals surface area contributed by atoms with Crippen molar-refractivity contribution in [2.24, 2.45) is 11.7 Å². The standard InChI is InChI=1S/C7H16NO4P/c1-3-6(7(9)10)4-13(11,12)5(2)8/h5-6H,3-4,8H2,1-2H3,(H,9,10)(H,11,12). The number of hydrogen-bond donors (Lipinski definition) is 3. The number of carboxylic acids is 1. The molecule has 0 aliphatic heterocycles. The van der Waals surface area contributed by atoms with Crippen LogP contribution < -0.4 is 5.73 Å². The number of aliphatic carboxylic acids is 1. The van der Waals surface area contributed by atoms with Crippen LogP contribution in [0.5, 0.6) is 0 Å². The molecule has 0 radical (unpaired) electrons. The summed E-state index contributed by atoms with van der Waals surface area (Å²) in [6.07, 6.45) is 0.100. The van der Waals surface area contributed by atoms with Gasteiger partial charge in [-0.1, -0.05) is 6.92 Å². The molecule has 0 aliphatic carbocycles. The maximum absolute atomic E-state index is 11.4. The van der Waals surface area contributed by atoms with Gasteiger partial charge in [0.05, 0.1) is 11.7 Å². The van der Waals surface area contributed by atoms with E-state index in [9.17, 15) is 14.3 Å². The van der Waals surface area contributed by atoms with Gasteiger partial charge in [-0.05, 0) is 13.3 Å². The first kappa shape index (κ1) is 12.6. The topological polar surface area (TPSA) is 101 Å². The summed E-state index contributed by atoms with van der Waals surface area (Å²) < 4.78 is 11.4. The van der Waals surface area contributed by atoms with Crippen molar-refractivity contribution in [3.05, 3.63) is 0 Å². The molecule has 0 bridgehead atoms. The molecule has 3 unspecified atom stereocenters. The van der Waals surface area contributed by atoms with E-state index in [4.69, 9.17) is 10.8 Å². The van der Waals surface area contributed by atoms with Gasteiger partial charge in [0.1, 0.15) is 0 Å². The predicted octanol–water partition coefficient (Wildman–Crippen LogP) is 0.672. The highest BCUT2D eigenvalue weighted by atomic mass is 31.2. The molecule has 0 amide bonds. The molecule has 0 saturated heterocycles. The molecular weight excluding hydrogens is 193 g/mol. The Balaban J connectivity index is 4.40. The van der Waals surface area contributed by atoms with Gasteiger partial charge in [-0.3, -0.25) is 9.36 Å². The van der Waals surface area contributed by atoms with Crippen LogP contribution in [0.1, 0.15) is 20.3 Å². The first-order chi connectivity index (χ1) is 5.81. The molecule has 3 atom stereocenters. The maximum atomic E-state index is 11.4. The summed E-state index contributed by atoms with van der Waals surface area (Å²) in [6.45, 7) is 3.08. The molecule has 6 heteroatoms. The zero-order chi connectivity index (χ0) is 10.6. The largest absolute Gasteiger partial charge is 0.481 e. The zero-order valence-corrected chi connectivity index (χ0v) is 8.70. The van der Waals surface area contributed by atoms with Gasteiger partial charge in [-0.15, -0.1) is 0 Å². The van der Waals surface area contributed by atoms with Crippen molar-refractivity contribution in [3.8, 4) is 0 Å². The van der Waals surface area contributed by atoms with Crippen molar-refractivity contribution >= 4 is 13.3 Å². The van der Waals surface area contributed by atoms with E-state index in [1.54, 1.807) is 6.92 Å². The average molecular weight is 209 g/mol. The Morgan fingerprint density at radius 3 is 2.31 bits per heavy atom. The van der Waals surface area contributed by atoms with E-state index in [-0.39, 0.29) is 6.16 Å². The average Bonchev–Trinajstić information content (AvgIpc) is 1.99. The second-order valence-electron chi connectivity index (χ2n) is 3.12. The molecule has 13 heavy (non-hydrogen) atoms. The van der Waals surface area contributed by atoms with E-state index < -0.39 is 25.0 Å². The quantitative estimate of drug-likeness (QED) is 0.578. The number of rotatable bonds is 5. The lowest BCUT2D eigenvalue weighted by Gasteiger charge is -2.18. The Hall–Kier alpha value is -0.380. The summed E-state index contributed by atoms with van der Waals surface area (Å²) in [5.41, 5.74) is 5.27. The second kappa shape index (κ2) is 4.74. The molecule has 4 N–H and O–H groups in total. The highest BCUT2D eigenvalue weighted by Gasteiger charge is 2.30. The molecule has 0 spiro atoms. The van der Waals surface area contributed by atoms with Crippen LogP contribution in [0, 0.1) is 5.92 Å². The van der Waals surface area contributed by atoms with Gasteiger partial charge in [0.25, 0.3) is 0 Å². The van der Waals surface area contributed by atoms with Crippen LogP contribution in [0.15, 0.2) is 0 Å². The van der Waals surface area contributed by atoms with Crippen LogP contribution in [0.4, 0.5) is 0 Å². The Bertz CT molecular complexity index is 229. The van der Waals surface area contributed by atoms with Crippen LogP contribution in [-0.2, 0) is 9.36 Å². The smallest absolute Gasteiger partial charge is 0.307 e. The molecule has 0 fully saturated rings. The normalized spacial score (nSPS) is 20.3. The van der Waals surface area contributed by atoms with Crippen LogP contribution in [0.25, 0.3) is 0 Å². The van der Waals surface area contributed by atoms with Crippen LogP contribution in [0.3, 0.4) is 0 Å². The van der Waals surface area contributed by atoms with E-state index in [1.807, 2.05) is 0 Å². The Kier molecular flexibility index (Phi) is 4.61. The lowest BCUT2D eigenvalue weighted by Crippen LogP contribution is -2.24. The van der Waals surface area contributed by atoms with Crippen LogP contribution >= 0.6 is 7.37 Å². The fourth-order valence-electron chi connectivity index (χ4n) is 0.864. The van der Waals surface area contributed by atoms with E-state index in [0.29, 0.717) is 6.42 Å². The predicted molar refractivity (Wildman–Crippen MR) is 49.8 cm³/mol. The molecule has 0 aromatic carbocycles. The van der Waals surface area contributed by atoms with Crippen LogP contribution in [0.2, 0.25) is 0 Å². The first-order valence-corrected chi connectivity index (χ1v) is 6.02. The van der Waals surface area contributed by atoms with Crippen molar-refractivity contribution in [3.63, 3.8) is 0 Å². The van der Waals surface area contributed by atoms with Crippen molar-refractivity contribution in [1.82, 2.24) is 0 Å². The lowest BCUT2D eigenvalue weighted by atomic mass is 10.1. The third-order valence-electron chi connectivity index (χ3n) is 1.96. The number of hydrogen-bond acceptors (Lipinski definition) is 3. The third-order valence-corrected chi connectivity index (χ3v) is 4.20. The van der Waals surface area contributed by atoms with Gasteiger partial charge in [0, 0.05) is 6.16 Å². The van der Waals surface area contributed by atoms with Gasteiger partial charge < -0.3 is 15.7 Å². The number of carbonyl (C=O) groups is 1. The first-order valence-electron chi connectivity index (χ1n) is 4.11. The third kappa shape index (κ3) is 3.89. The summed E-state index contributed by atoms with van der Waals surface area (Å²) in [6, 6.07) is 0. The molecule has 78 valence electrons. The Labute approximate surface area is 77.4 Å². The minimum Gasteiger partial charge on any atom is -0.481 e. The number of carboxylic acid groups (broad SMARTS) is 1. The molecule has 0 saturated carbocycles. The van der Waals surface area contributed by atoms with Gasteiger partial charge in [-0.2, -0.15) is 0 Å². The van der Waals surface area contributed by atoms with E-state index in [0.717, 1.165) is 0 Å². The monoisotopic (exact) mass is 209 g/mol. The lowest BCUT2D eigenvalue weighted by molar-refractivity contribution is -0.141. The van der Waals surface area contributed by atoms with Crippen molar-refractivity contribution in [2.45, 2.75) is 26.1 Å². The van der Waals surface area contributed by atoms with Gasteiger partial charge >= 0.3 is 5.97 Å². The zero-order valence-electron chi connectivity index (χ0n) is 7.80. The Morgan fingerprint density at radius 2 is 2.08 bits per heavy atom. The molecular formula is C7H16NO4P. The molecule has 0 heterocycles. The van der Waals surface area contributed by atoms with Crippen LogP contribution in [-0.4, -0.2) is 27.9 Å². The maximum Gasteiger partial charge on any atom is 0.307 e. The van der Waals surface area contributed by atoms with Crippen molar-refractivity contribution in [2.75, 3.05) is 6.16 Å². The van der Waals surface area contributed by atoms with Crippen molar-refractivity contribution < 1.29 is 19.4 Å². The summed E-state index contributed by atoms with van der Waals surface area (Å²) >= 11 is 0. The number of nitrogens with two attached hydrogens (primary N) is 1. The molecule has 5 nitrogen and oxygen atoms in total. The SMILES string of the molecule is CCC(CP(=O)(O)C(C)N)C(=O)O. The van der Waals surface area contributed by atoms with E-state index in [1.165, 1.54) is 6.92 Å². The molecule has 0 aromatic rings. The summed E-state index contributed by atoms with van der Waals surface area (Å²) in [5.74, 6) is -2.68. The molecule has 0 rings (SSSR count). The molecule has 0 aliphatic rings. The van der Waals surface area contributed by atoms with E-state index >= 15 is 0 Å². The van der Waals surface area contributed by atoms with Gasteiger partial charge in [0.2, 0.25) is 7.37 Å². The highest BCUT2D eigenvalue weighted by Crippen LogP contribution is 2.45. The van der Waals surface area contributed by atoms with E-state index in [2.05, 4.69) is 0 Å². The minimum absolute atomic E-state index is 0.240. The van der Waals surface area contributed by atoms with Gasteiger partial charge in [0.15, 0.2) is 0 Å².